The number of rotatable bonds is 4. The second kappa shape index (κ2) is 6.70. The van der Waals surface area contributed by atoms with E-state index in [1.807, 2.05) is 54.6 Å². The predicted molar refractivity (Wildman–Crippen MR) is 103 cm³/mol. The second-order valence-corrected chi connectivity index (χ2v) is 6.94. The first kappa shape index (κ1) is 15.9. The van der Waals surface area contributed by atoms with Crippen molar-refractivity contribution in [3.8, 4) is 5.75 Å². The molecular formula is C19H13ClN2O2S. The molecule has 0 bridgehead atoms. The Hall–Kier alpha value is -2.63. The van der Waals surface area contributed by atoms with E-state index < -0.39 is 0 Å². The summed E-state index contributed by atoms with van der Waals surface area (Å²) >= 11 is 7.34. The maximum Gasteiger partial charge on any atom is 0.264 e. The van der Waals surface area contributed by atoms with Gasteiger partial charge in [-0.1, -0.05) is 53.3 Å². The highest BCUT2D eigenvalue weighted by Gasteiger charge is 2.09. The zero-order valence-corrected chi connectivity index (χ0v) is 14.6. The van der Waals surface area contributed by atoms with E-state index in [2.05, 4.69) is 10.3 Å². The summed E-state index contributed by atoms with van der Waals surface area (Å²) in [6.45, 7) is -0.0744. The standard InChI is InChI=1S/C19H13ClN2O2S/c20-14-6-8-16-17(10-14)25-19(21-16)22-18(23)11-24-15-7-5-12-3-1-2-4-13(12)9-15/h1-10H,11H2,(H,21,22,23). The van der Waals surface area contributed by atoms with Crippen LogP contribution in [0, 0.1) is 0 Å². The van der Waals surface area contributed by atoms with E-state index in [0.717, 1.165) is 21.0 Å². The molecule has 4 aromatic rings. The molecule has 1 heterocycles. The molecule has 1 aromatic heterocycles. The fourth-order valence-electron chi connectivity index (χ4n) is 2.51. The number of fused-ring (bicyclic) bond motifs is 2. The third kappa shape index (κ3) is 3.57. The number of benzene rings is 3. The van der Waals surface area contributed by atoms with Crippen molar-refractivity contribution < 1.29 is 9.53 Å². The lowest BCUT2D eigenvalue weighted by Gasteiger charge is -2.07. The first-order valence-corrected chi connectivity index (χ1v) is 8.84. The Labute approximate surface area is 153 Å². The van der Waals surface area contributed by atoms with Crippen LogP contribution >= 0.6 is 22.9 Å². The minimum Gasteiger partial charge on any atom is -0.484 e. The van der Waals surface area contributed by atoms with Gasteiger partial charge in [0.1, 0.15) is 5.75 Å². The number of nitrogens with one attached hydrogen (secondary N) is 1. The molecule has 25 heavy (non-hydrogen) atoms. The normalized spacial score (nSPS) is 10.9. The van der Waals surface area contributed by atoms with Gasteiger partial charge in [-0.2, -0.15) is 0 Å². The van der Waals surface area contributed by atoms with Gasteiger partial charge in [-0.15, -0.1) is 0 Å². The molecule has 0 aliphatic heterocycles. The number of halogens is 1. The van der Waals surface area contributed by atoms with Crippen molar-refractivity contribution in [2.75, 3.05) is 11.9 Å². The number of nitrogens with zero attached hydrogens (tertiary/aromatic N) is 1. The van der Waals surface area contributed by atoms with Crippen LogP contribution in [0.2, 0.25) is 5.02 Å². The van der Waals surface area contributed by atoms with Gasteiger partial charge < -0.3 is 4.74 Å². The Balaban J connectivity index is 1.42. The molecule has 0 saturated carbocycles. The van der Waals surface area contributed by atoms with E-state index in [-0.39, 0.29) is 12.5 Å². The van der Waals surface area contributed by atoms with Crippen molar-refractivity contribution in [2.24, 2.45) is 0 Å². The highest BCUT2D eigenvalue weighted by molar-refractivity contribution is 7.22. The second-order valence-electron chi connectivity index (χ2n) is 5.48. The zero-order valence-electron chi connectivity index (χ0n) is 13.0. The lowest BCUT2D eigenvalue weighted by Crippen LogP contribution is -2.19. The molecular weight excluding hydrogens is 356 g/mol. The molecule has 1 N–H and O–H groups in total. The summed E-state index contributed by atoms with van der Waals surface area (Å²) in [6, 6.07) is 19.2. The SMILES string of the molecule is O=C(COc1ccc2ccccc2c1)Nc1nc2ccc(Cl)cc2s1. The van der Waals surface area contributed by atoms with Crippen molar-refractivity contribution in [3.63, 3.8) is 0 Å². The minimum atomic E-state index is -0.252. The molecule has 4 rings (SSSR count). The smallest absolute Gasteiger partial charge is 0.264 e. The van der Waals surface area contributed by atoms with Gasteiger partial charge in [0.25, 0.3) is 5.91 Å². The highest BCUT2D eigenvalue weighted by atomic mass is 35.5. The van der Waals surface area contributed by atoms with Crippen LogP contribution in [-0.4, -0.2) is 17.5 Å². The highest BCUT2D eigenvalue weighted by Crippen LogP contribution is 2.28. The Morgan fingerprint density at radius 2 is 1.92 bits per heavy atom. The van der Waals surface area contributed by atoms with Gasteiger partial charge in [-0.05, 0) is 41.1 Å². The van der Waals surface area contributed by atoms with E-state index in [9.17, 15) is 4.79 Å². The van der Waals surface area contributed by atoms with E-state index in [4.69, 9.17) is 16.3 Å². The number of anilines is 1. The molecule has 3 aromatic carbocycles. The van der Waals surface area contributed by atoms with Crippen LogP contribution in [0.1, 0.15) is 0 Å². The Morgan fingerprint density at radius 3 is 2.80 bits per heavy atom. The van der Waals surface area contributed by atoms with Crippen LogP contribution in [0.25, 0.3) is 21.0 Å². The molecule has 0 saturated heterocycles. The average Bonchev–Trinajstić information content (AvgIpc) is 3.01. The van der Waals surface area contributed by atoms with Gasteiger partial charge in [-0.3, -0.25) is 10.1 Å². The van der Waals surface area contributed by atoms with Crippen molar-refractivity contribution >= 4 is 55.0 Å². The Kier molecular flexibility index (Phi) is 4.26. The first-order valence-electron chi connectivity index (χ1n) is 7.65. The first-order chi connectivity index (χ1) is 12.2. The number of carbonyl (C=O) groups is 1. The lowest BCUT2D eigenvalue weighted by molar-refractivity contribution is -0.118. The fourth-order valence-corrected chi connectivity index (χ4v) is 3.67. The number of carbonyl (C=O) groups excluding carboxylic acids is 1. The molecule has 0 unspecified atom stereocenters. The van der Waals surface area contributed by atoms with E-state index in [1.54, 1.807) is 6.07 Å². The molecule has 0 aliphatic carbocycles. The van der Waals surface area contributed by atoms with E-state index in [0.29, 0.717) is 15.9 Å². The molecule has 0 aliphatic rings. The van der Waals surface area contributed by atoms with Gasteiger partial charge in [0.05, 0.1) is 10.2 Å². The van der Waals surface area contributed by atoms with Gasteiger partial charge >= 0.3 is 0 Å². The number of ether oxygens (including phenoxy) is 1. The van der Waals surface area contributed by atoms with Crippen molar-refractivity contribution in [1.82, 2.24) is 4.98 Å². The lowest BCUT2D eigenvalue weighted by atomic mass is 10.1. The number of thiazole rings is 1. The van der Waals surface area contributed by atoms with Crippen LogP contribution in [0.3, 0.4) is 0 Å². The number of hydrogen-bond donors (Lipinski definition) is 1. The summed E-state index contributed by atoms with van der Waals surface area (Å²) in [5.41, 5.74) is 0.806. The minimum absolute atomic E-state index is 0.0744. The predicted octanol–water partition coefficient (Wildman–Crippen LogP) is 5.12. The van der Waals surface area contributed by atoms with Gasteiger partial charge in [0.2, 0.25) is 0 Å². The van der Waals surface area contributed by atoms with Crippen LogP contribution in [0.5, 0.6) is 5.75 Å². The topological polar surface area (TPSA) is 51.2 Å². The zero-order chi connectivity index (χ0) is 17.2. The molecule has 4 nitrogen and oxygen atoms in total. The van der Waals surface area contributed by atoms with Gasteiger partial charge in [0, 0.05) is 5.02 Å². The van der Waals surface area contributed by atoms with Crippen LogP contribution in [0.4, 0.5) is 5.13 Å². The summed E-state index contributed by atoms with van der Waals surface area (Å²) in [4.78, 5) is 16.5. The molecule has 0 radical (unpaired) electrons. The summed E-state index contributed by atoms with van der Waals surface area (Å²) < 4.78 is 6.51. The largest absolute Gasteiger partial charge is 0.484 e. The van der Waals surface area contributed by atoms with Crippen LogP contribution < -0.4 is 10.1 Å². The van der Waals surface area contributed by atoms with Gasteiger partial charge in [0.15, 0.2) is 11.7 Å². The van der Waals surface area contributed by atoms with Gasteiger partial charge in [-0.25, -0.2) is 4.98 Å². The fraction of sp³-hybridized carbons (Fsp3) is 0.0526. The average molecular weight is 369 g/mol. The van der Waals surface area contributed by atoms with Crippen LogP contribution in [-0.2, 0) is 4.79 Å². The van der Waals surface area contributed by atoms with E-state index >= 15 is 0 Å². The van der Waals surface area contributed by atoms with Crippen LogP contribution in [0.15, 0.2) is 60.7 Å². The monoisotopic (exact) mass is 368 g/mol. The summed E-state index contributed by atoms with van der Waals surface area (Å²) in [5.74, 6) is 0.406. The van der Waals surface area contributed by atoms with Crippen molar-refractivity contribution in [3.05, 3.63) is 65.7 Å². The van der Waals surface area contributed by atoms with E-state index in [1.165, 1.54) is 11.3 Å². The summed E-state index contributed by atoms with van der Waals surface area (Å²) in [7, 11) is 0. The Morgan fingerprint density at radius 1 is 1.08 bits per heavy atom. The molecule has 6 heteroatoms. The maximum absolute atomic E-state index is 12.1. The number of hydrogen-bond acceptors (Lipinski definition) is 4. The van der Waals surface area contributed by atoms with Crippen molar-refractivity contribution in [2.45, 2.75) is 0 Å². The third-order valence-corrected chi connectivity index (χ3v) is 4.86. The summed E-state index contributed by atoms with van der Waals surface area (Å²) in [6.07, 6.45) is 0. The maximum atomic E-state index is 12.1. The third-order valence-electron chi connectivity index (χ3n) is 3.69. The number of amides is 1. The Bertz CT molecular complexity index is 1080. The quantitative estimate of drug-likeness (QED) is 0.544. The molecule has 0 fully saturated rings. The molecule has 1 amide bonds. The number of aromatic nitrogens is 1. The molecule has 124 valence electrons. The summed E-state index contributed by atoms with van der Waals surface area (Å²) in [5, 5.41) is 6.14. The molecule has 0 spiro atoms. The molecule has 0 atom stereocenters. The van der Waals surface area contributed by atoms with Crippen molar-refractivity contribution in [1.29, 1.82) is 0 Å².